The van der Waals surface area contributed by atoms with Crippen molar-refractivity contribution in [3.63, 3.8) is 0 Å². The molecule has 0 aliphatic heterocycles. The minimum atomic E-state index is -0.806. The molecular formula is C14H19NO4. The molecule has 1 aromatic heterocycles. The summed E-state index contributed by atoms with van der Waals surface area (Å²) in [5.74, 6) is 0.0323. The van der Waals surface area contributed by atoms with E-state index < -0.39 is 5.97 Å². The van der Waals surface area contributed by atoms with Gasteiger partial charge in [-0.05, 0) is 38.0 Å². The van der Waals surface area contributed by atoms with E-state index in [-0.39, 0.29) is 11.8 Å². The molecule has 5 nitrogen and oxygen atoms in total. The molecule has 1 unspecified atom stereocenters. The molecule has 0 saturated heterocycles. The fourth-order valence-electron chi connectivity index (χ4n) is 1.50. The van der Waals surface area contributed by atoms with Crippen LogP contribution in [0.1, 0.15) is 31.3 Å². The van der Waals surface area contributed by atoms with Gasteiger partial charge in [0.2, 0.25) is 5.91 Å². The van der Waals surface area contributed by atoms with Crippen molar-refractivity contribution in [3.05, 3.63) is 29.7 Å². The van der Waals surface area contributed by atoms with E-state index in [1.54, 1.807) is 19.1 Å². The van der Waals surface area contributed by atoms with E-state index in [1.165, 1.54) is 6.08 Å². The number of rotatable bonds is 7. The number of carboxylic acid groups (broad SMARTS) is 1. The van der Waals surface area contributed by atoms with Crippen molar-refractivity contribution in [2.45, 2.75) is 26.7 Å². The normalized spacial score (nSPS) is 12.5. The molecule has 0 bridgehead atoms. The van der Waals surface area contributed by atoms with Crippen LogP contribution < -0.4 is 5.32 Å². The highest BCUT2D eigenvalue weighted by atomic mass is 16.4. The molecule has 2 N–H and O–H groups in total. The maximum Gasteiger partial charge on any atom is 0.306 e. The summed E-state index contributed by atoms with van der Waals surface area (Å²) in [7, 11) is 0. The van der Waals surface area contributed by atoms with E-state index in [9.17, 15) is 9.59 Å². The van der Waals surface area contributed by atoms with E-state index in [4.69, 9.17) is 9.52 Å². The van der Waals surface area contributed by atoms with Crippen LogP contribution in [0.15, 0.2) is 22.6 Å². The zero-order valence-corrected chi connectivity index (χ0v) is 11.2. The zero-order valence-electron chi connectivity index (χ0n) is 11.2. The Morgan fingerprint density at radius 1 is 1.47 bits per heavy atom. The highest BCUT2D eigenvalue weighted by Gasteiger charge is 2.09. The first-order chi connectivity index (χ1) is 8.99. The molecule has 104 valence electrons. The Hall–Kier alpha value is -2.04. The first-order valence-electron chi connectivity index (χ1n) is 6.24. The number of carboxylic acids is 1. The Balaban J connectivity index is 2.21. The van der Waals surface area contributed by atoms with E-state index in [0.717, 1.165) is 5.76 Å². The molecule has 1 amide bonds. The Morgan fingerprint density at radius 2 is 2.21 bits per heavy atom. The quantitative estimate of drug-likeness (QED) is 0.585. The lowest BCUT2D eigenvalue weighted by molar-refractivity contribution is -0.141. The zero-order chi connectivity index (χ0) is 14.3. The molecule has 0 aliphatic carbocycles. The van der Waals surface area contributed by atoms with Crippen LogP contribution in [-0.2, 0) is 9.59 Å². The summed E-state index contributed by atoms with van der Waals surface area (Å²) < 4.78 is 5.29. The van der Waals surface area contributed by atoms with Gasteiger partial charge in [0, 0.05) is 12.6 Å². The van der Waals surface area contributed by atoms with Crippen LogP contribution in [0.4, 0.5) is 0 Å². The SMILES string of the molecule is Cc1ccc(/C=C/C(=O)NCCCC(C)C(=O)O)o1. The van der Waals surface area contributed by atoms with Gasteiger partial charge in [0.15, 0.2) is 0 Å². The number of hydrogen-bond acceptors (Lipinski definition) is 3. The number of carbonyl (C=O) groups is 2. The van der Waals surface area contributed by atoms with Crippen LogP contribution in [0.3, 0.4) is 0 Å². The van der Waals surface area contributed by atoms with E-state index in [2.05, 4.69) is 5.32 Å². The van der Waals surface area contributed by atoms with Crippen molar-refractivity contribution in [2.24, 2.45) is 5.92 Å². The highest BCUT2D eigenvalue weighted by Crippen LogP contribution is 2.07. The molecule has 0 aliphatic rings. The van der Waals surface area contributed by atoms with Crippen LogP contribution >= 0.6 is 0 Å². The third kappa shape index (κ3) is 5.90. The summed E-state index contributed by atoms with van der Waals surface area (Å²) in [6, 6.07) is 3.61. The Morgan fingerprint density at radius 3 is 2.79 bits per heavy atom. The minimum Gasteiger partial charge on any atom is -0.481 e. The van der Waals surface area contributed by atoms with Gasteiger partial charge in [-0.3, -0.25) is 9.59 Å². The molecule has 0 spiro atoms. The van der Waals surface area contributed by atoms with Crippen LogP contribution in [0.2, 0.25) is 0 Å². The molecule has 0 saturated carbocycles. The lowest BCUT2D eigenvalue weighted by Gasteiger charge is -2.05. The number of furan rings is 1. The predicted octanol–water partition coefficient (Wildman–Crippen LogP) is 2.22. The second-order valence-corrected chi connectivity index (χ2v) is 4.45. The van der Waals surface area contributed by atoms with E-state index in [1.807, 2.05) is 13.0 Å². The smallest absolute Gasteiger partial charge is 0.306 e. The fraction of sp³-hybridized carbons (Fsp3) is 0.429. The van der Waals surface area contributed by atoms with Gasteiger partial charge in [-0.25, -0.2) is 0 Å². The molecule has 5 heteroatoms. The first kappa shape index (κ1) is 15.0. The van der Waals surface area contributed by atoms with Crippen molar-refractivity contribution >= 4 is 18.0 Å². The van der Waals surface area contributed by atoms with Gasteiger partial charge in [0.1, 0.15) is 11.5 Å². The van der Waals surface area contributed by atoms with Gasteiger partial charge in [-0.1, -0.05) is 6.92 Å². The molecule has 19 heavy (non-hydrogen) atoms. The second-order valence-electron chi connectivity index (χ2n) is 4.45. The third-order valence-corrected chi connectivity index (χ3v) is 2.69. The maximum atomic E-state index is 11.4. The summed E-state index contributed by atoms with van der Waals surface area (Å²) in [6.45, 7) is 3.96. The van der Waals surface area contributed by atoms with E-state index >= 15 is 0 Å². The molecule has 0 fully saturated rings. The molecule has 1 heterocycles. The summed E-state index contributed by atoms with van der Waals surface area (Å²) in [5.41, 5.74) is 0. The first-order valence-corrected chi connectivity index (χ1v) is 6.24. The summed E-state index contributed by atoms with van der Waals surface area (Å²) in [5, 5.41) is 11.4. The largest absolute Gasteiger partial charge is 0.481 e. The van der Waals surface area contributed by atoms with Gasteiger partial charge >= 0.3 is 5.97 Å². The number of nitrogens with one attached hydrogen (secondary N) is 1. The van der Waals surface area contributed by atoms with Crippen molar-refractivity contribution < 1.29 is 19.1 Å². The summed E-state index contributed by atoms with van der Waals surface area (Å²) in [6.07, 6.45) is 4.20. The monoisotopic (exact) mass is 265 g/mol. The van der Waals surface area contributed by atoms with Gasteiger partial charge in [-0.2, -0.15) is 0 Å². The number of amides is 1. The third-order valence-electron chi connectivity index (χ3n) is 2.69. The van der Waals surface area contributed by atoms with Gasteiger partial charge in [0.25, 0.3) is 0 Å². The average molecular weight is 265 g/mol. The van der Waals surface area contributed by atoms with Crippen LogP contribution in [-0.4, -0.2) is 23.5 Å². The maximum absolute atomic E-state index is 11.4. The van der Waals surface area contributed by atoms with Crippen molar-refractivity contribution in [1.82, 2.24) is 5.32 Å². The lowest BCUT2D eigenvalue weighted by Crippen LogP contribution is -2.23. The molecule has 0 radical (unpaired) electrons. The second kappa shape index (κ2) is 7.41. The van der Waals surface area contributed by atoms with Crippen molar-refractivity contribution in [3.8, 4) is 0 Å². The van der Waals surface area contributed by atoms with Crippen molar-refractivity contribution in [2.75, 3.05) is 6.54 Å². The number of aliphatic carboxylic acids is 1. The number of aryl methyl sites for hydroxylation is 1. The Labute approximate surface area is 112 Å². The molecular weight excluding hydrogens is 246 g/mol. The highest BCUT2D eigenvalue weighted by molar-refractivity contribution is 5.91. The molecule has 0 aromatic carbocycles. The molecule has 1 atom stereocenters. The Bertz CT molecular complexity index is 462. The molecule has 1 aromatic rings. The lowest BCUT2D eigenvalue weighted by atomic mass is 10.1. The van der Waals surface area contributed by atoms with Gasteiger partial charge in [0.05, 0.1) is 5.92 Å². The fourth-order valence-corrected chi connectivity index (χ4v) is 1.50. The van der Waals surface area contributed by atoms with Gasteiger partial charge in [-0.15, -0.1) is 0 Å². The predicted molar refractivity (Wildman–Crippen MR) is 71.5 cm³/mol. The minimum absolute atomic E-state index is 0.211. The summed E-state index contributed by atoms with van der Waals surface area (Å²) >= 11 is 0. The van der Waals surface area contributed by atoms with Crippen LogP contribution in [0.5, 0.6) is 0 Å². The number of carbonyl (C=O) groups excluding carboxylic acids is 1. The van der Waals surface area contributed by atoms with Crippen LogP contribution in [0.25, 0.3) is 6.08 Å². The summed E-state index contributed by atoms with van der Waals surface area (Å²) in [4.78, 5) is 22.0. The molecule has 1 rings (SSSR count). The number of hydrogen-bond donors (Lipinski definition) is 2. The van der Waals surface area contributed by atoms with Crippen LogP contribution in [0, 0.1) is 12.8 Å². The standard InChI is InChI=1S/C14H19NO4/c1-10(14(17)18)4-3-9-15-13(16)8-7-12-6-5-11(2)19-12/h5-8,10H,3-4,9H2,1-2H3,(H,15,16)(H,17,18)/b8-7+. The van der Waals surface area contributed by atoms with Crippen molar-refractivity contribution in [1.29, 1.82) is 0 Å². The van der Waals surface area contributed by atoms with E-state index in [0.29, 0.717) is 25.1 Å². The van der Waals surface area contributed by atoms with Gasteiger partial charge < -0.3 is 14.8 Å². The average Bonchev–Trinajstić information content (AvgIpc) is 2.77. The Kier molecular flexibility index (Phi) is 5.85. The topological polar surface area (TPSA) is 79.5 Å².